The van der Waals surface area contributed by atoms with Crippen LogP contribution in [0.2, 0.25) is 0 Å². The van der Waals surface area contributed by atoms with Crippen LogP contribution in [0.4, 0.5) is 0 Å². The molecule has 3 heteroatoms. The van der Waals surface area contributed by atoms with Crippen molar-refractivity contribution >= 4 is 11.9 Å². The zero-order valence-corrected chi connectivity index (χ0v) is 8.55. The minimum Gasteiger partial charge on any atom is -0.137 e. The summed E-state index contributed by atoms with van der Waals surface area (Å²) in [5, 5.41) is 0. The molecule has 13 heavy (non-hydrogen) atoms. The number of nitroso groups, excluding NO2 is 1. The largest absolute Gasteiger partial charge is 0.137 e. The van der Waals surface area contributed by atoms with Gasteiger partial charge in [-0.15, -0.1) is 4.91 Å². The first-order valence-corrected chi connectivity index (χ1v) is 6.08. The summed E-state index contributed by atoms with van der Waals surface area (Å²) in [6.07, 6.45) is 8.15. The summed E-state index contributed by atoms with van der Waals surface area (Å²) < 4.78 is 3.38. The summed E-state index contributed by atoms with van der Waals surface area (Å²) in [6.45, 7) is 0. The lowest BCUT2D eigenvalue weighted by Crippen LogP contribution is -2.48. The molecule has 0 saturated heterocycles. The Kier molecular flexibility index (Phi) is 1.73. The predicted octanol–water partition coefficient (Wildman–Crippen LogP) is 3.37. The molecule has 0 amide bonds. The third-order valence-corrected chi connectivity index (χ3v) is 5.17. The van der Waals surface area contributed by atoms with Gasteiger partial charge in [-0.05, 0) is 56.3 Å². The third kappa shape index (κ3) is 1.24. The zero-order valence-electron chi connectivity index (χ0n) is 7.74. The Morgan fingerprint density at radius 2 is 1.46 bits per heavy atom. The Balaban J connectivity index is 1.87. The molecule has 0 aliphatic heterocycles. The van der Waals surface area contributed by atoms with Crippen LogP contribution in [0.1, 0.15) is 38.5 Å². The van der Waals surface area contributed by atoms with Gasteiger partial charge < -0.3 is 0 Å². The molecule has 0 atom stereocenters. The van der Waals surface area contributed by atoms with Crippen molar-refractivity contribution in [3.05, 3.63) is 4.91 Å². The fourth-order valence-corrected chi connectivity index (χ4v) is 5.31. The summed E-state index contributed by atoms with van der Waals surface area (Å²) in [7, 11) is 0. The predicted molar refractivity (Wildman–Crippen MR) is 54.3 cm³/mol. The quantitative estimate of drug-likeness (QED) is 0.501. The van der Waals surface area contributed by atoms with Gasteiger partial charge in [-0.25, -0.2) is 0 Å². The van der Waals surface area contributed by atoms with Gasteiger partial charge in [0.05, 0.1) is 0 Å². The van der Waals surface area contributed by atoms with Gasteiger partial charge in [0.2, 0.25) is 0 Å². The van der Waals surface area contributed by atoms with Crippen molar-refractivity contribution < 1.29 is 0 Å². The Morgan fingerprint density at radius 3 is 1.85 bits per heavy atom. The molecule has 0 aromatic rings. The van der Waals surface area contributed by atoms with Gasteiger partial charge >= 0.3 is 0 Å². The lowest BCUT2D eigenvalue weighted by Gasteiger charge is -2.55. The highest BCUT2D eigenvalue weighted by atomic mass is 32.2. The molecule has 0 N–H and O–H groups in total. The van der Waals surface area contributed by atoms with E-state index in [0.29, 0.717) is 0 Å². The van der Waals surface area contributed by atoms with E-state index in [0.717, 1.165) is 17.8 Å². The van der Waals surface area contributed by atoms with Crippen molar-refractivity contribution in [1.82, 2.24) is 0 Å². The minimum atomic E-state index is 0.288. The van der Waals surface area contributed by atoms with Crippen LogP contribution < -0.4 is 0 Å². The van der Waals surface area contributed by atoms with Crippen LogP contribution in [0.5, 0.6) is 0 Å². The van der Waals surface area contributed by atoms with Crippen LogP contribution >= 0.6 is 11.9 Å². The van der Waals surface area contributed by atoms with Crippen molar-refractivity contribution in [2.45, 2.75) is 43.3 Å². The van der Waals surface area contributed by atoms with E-state index in [2.05, 4.69) is 4.58 Å². The molecule has 0 aromatic carbocycles. The Labute approximate surface area is 83.0 Å². The monoisotopic (exact) mass is 197 g/mol. The van der Waals surface area contributed by atoms with E-state index in [1.807, 2.05) is 0 Å². The van der Waals surface area contributed by atoms with Gasteiger partial charge in [0.1, 0.15) is 0 Å². The summed E-state index contributed by atoms with van der Waals surface area (Å²) >= 11 is 1.36. The Hall–Kier alpha value is -0.0500. The van der Waals surface area contributed by atoms with Crippen LogP contribution in [0.25, 0.3) is 0 Å². The molecule has 0 heterocycles. The van der Waals surface area contributed by atoms with Crippen LogP contribution in [0, 0.1) is 22.7 Å². The maximum Gasteiger partial charge on any atom is 0.0420 e. The highest BCUT2D eigenvalue weighted by Crippen LogP contribution is 2.60. The topological polar surface area (TPSA) is 29.4 Å². The second-order valence-electron chi connectivity index (χ2n) is 5.27. The zero-order chi connectivity index (χ0) is 8.89. The van der Waals surface area contributed by atoms with Gasteiger partial charge in [0.25, 0.3) is 0 Å². The van der Waals surface area contributed by atoms with Crippen molar-refractivity contribution in [3.8, 4) is 0 Å². The molecule has 4 aliphatic rings. The Bertz CT molecular complexity index is 206. The minimum absolute atomic E-state index is 0.288. The van der Waals surface area contributed by atoms with E-state index in [1.54, 1.807) is 0 Å². The summed E-state index contributed by atoms with van der Waals surface area (Å²) in [5.74, 6) is 2.79. The Morgan fingerprint density at radius 1 is 1.00 bits per heavy atom. The number of hydrogen-bond donors (Lipinski definition) is 0. The lowest BCUT2D eigenvalue weighted by molar-refractivity contribution is 0.0383. The molecule has 0 spiro atoms. The smallest absolute Gasteiger partial charge is 0.0420 e. The first kappa shape index (κ1) is 8.27. The number of nitrogens with zero attached hydrogens (tertiary/aromatic N) is 1. The maximum absolute atomic E-state index is 10.4. The molecule has 0 unspecified atom stereocenters. The van der Waals surface area contributed by atoms with Crippen molar-refractivity contribution in [2.24, 2.45) is 22.3 Å². The highest BCUT2D eigenvalue weighted by Gasteiger charge is 2.51. The van der Waals surface area contributed by atoms with Crippen molar-refractivity contribution in [1.29, 1.82) is 0 Å². The SMILES string of the molecule is O=NSC12CC3CC(CC(C3)C1)C2. The standard InChI is InChI=1S/C10H15NOS/c12-11-13-10-4-7-1-8(5-10)3-9(2-7)6-10/h7-9H,1-6H2. The van der Waals surface area contributed by atoms with Crippen LogP contribution in [-0.4, -0.2) is 4.75 Å². The molecule has 0 radical (unpaired) electrons. The van der Waals surface area contributed by atoms with E-state index in [9.17, 15) is 4.91 Å². The van der Waals surface area contributed by atoms with E-state index in [-0.39, 0.29) is 4.75 Å². The summed E-state index contributed by atoms with van der Waals surface area (Å²) in [5.41, 5.74) is 0. The van der Waals surface area contributed by atoms with Crippen molar-refractivity contribution in [3.63, 3.8) is 0 Å². The highest BCUT2D eigenvalue weighted by molar-refractivity contribution is 7.99. The second kappa shape index (κ2) is 2.72. The second-order valence-corrected chi connectivity index (χ2v) is 6.46. The van der Waals surface area contributed by atoms with E-state index in [1.165, 1.54) is 50.5 Å². The average molecular weight is 197 g/mol. The lowest BCUT2D eigenvalue weighted by atomic mass is 9.56. The van der Waals surface area contributed by atoms with E-state index < -0.39 is 0 Å². The fraction of sp³-hybridized carbons (Fsp3) is 1.00. The normalized spacial score (nSPS) is 52.5. The van der Waals surface area contributed by atoms with Gasteiger partial charge in [0.15, 0.2) is 0 Å². The van der Waals surface area contributed by atoms with E-state index in [4.69, 9.17) is 0 Å². The van der Waals surface area contributed by atoms with Gasteiger partial charge in [-0.3, -0.25) is 0 Å². The molecule has 4 saturated carbocycles. The van der Waals surface area contributed by atoms with Gasteiger partial charge in [-0.1, -0.05) is 0 Å². The van der Waals surface area contributed by atoms with Crippen LogP contribution in [-0.2, 0) is 0 Å². The van der Waals surface area contributed by atoms with Crippen molar-refractivity contribution in [2.75, 3.05) is 0 Å². The molecule has 4 fully saturated rings. The van der Waals surface area contributed by atoms with Crippen LogP contribution in [0.15, 0.2) is 4.58 Å². The first-order chi connectivity index (χ1) is 6.30. The molecule has 0 aromatic heterocycles. The molecule has 4 rings (SSSR count). The maximum atomic E-state index is 10.4. The van der Waals surface area contributed by atoms with Gasteiger partial charge in [-0.2, -0.15) is 0 Å². The average Bonchev–Trinajstić information content (AvgIpc) is 2.00. The third-order valence-electron chi connectivity index (χ3n) is 4.21. The molecule has 4 bridgehead atoms. The molecule has 72 valence electrons. The summed E-state index contributed by atoms with van der Waals surface area (Å²) in [4.78, 5) is 10.4. The summed E-state index contributed by atoms with van der Waals surface area (Å²) in [6, 6.07) is 0. The molecule has 2 nitrogen and oxygen atoms in total. The molecular formula is C10H15NOS. The molecule has 4 aliphatic carbocycles. The first-order valence-electron chi connectivity index (χ1n) is 5.30. The van der Waals surface area contributed by atoms with E-state index >= 15 is 0 Å². The molecular weight excluding hydrogens is 182 g/mol. The fourth-order valence-electron chi connectivity index (χ4n) is 4.22. The number of hydrogen-bond acceptors (Lipinski definition) is 3. The number of rotatable bonds is 2. The van der Waals surface area contributed by atoms with Crippen LogP contribution in [0.3, 0.4) is 0 Å². The van der Waals surface area contributed by atoms with Gasteiger partial charge in [0, 0.05) is 21.3 Å².